The molecule has 13 heavy (non-hydrogen) atoms. The monoisotopic (exact) mass is 191 g/mol. The second kappa shape index (κ2) is 4.53. The first-order chi connectivity index (χ1) is 6.22. The van der Waals surface area contributed by atoms with Crippen molar-refractivity contribution in [1.29, 1.82) is 5.26 Å². The zero-order valence-corrected chi connectivity index (χ0v) is 7.54. The third-order valence-electron chi connectivity index (χ3n) is 1.33. The predicted molar refractivity (Wildman–Crippen MR) is 50.9 cm³/mol. The summed E-state index contributed by atoms with van der Waals surface area (Å²) in [5.74, 6) is 0. The quantitative estimate of drug-likeness (QED) is 0.726. The maximum atomic E-state index is 10.5. The maximum absolute atomic E-state index is 10.5. The van der Waals surface area contributed by atoms with E-state index < -0.39 is 5.24 Å². The molecule has 1 amide bonds. The van der Waals surface area contributed by atoms with Crippen LogP contribution in [-0.4, -0.2) is 5.24 Å². The Hall–Kier alpha value is -1.47. The first kappa shape index (κ1) is 9.62. The number of thioether (sulfide) groups is 1. The fourth-order valence-electron chi connectivity index (χ4n) is 0.823. The number of nitrogens with zero attached hydrogens (tertiary/aromatic N) is 1. The van der Waals surface area contributed by atoms with Crippen LogP contribution >= 0.6 is 11.8 Å². The zero-order chi connectivity index (χ0) is 9.68. The van der Waals surface area contributed by atoms with Gasteiger partial charge in [0.1, 0.15) is 0 Å². The molecule has 1 radical (unpaired) electrons. The smallest absolute Gasteiger partial charge is 0.281 e. The van der Waals surface area contributed by atoms with Gasteiger partial charge in [0.2, 0.25) is 0 Å². The van der Waals surface area contributed by atoms with Crippen molar-refractivity contribution in [2.75, 3.05) is 0 Å². The highest BCUT2D eigenvalue weighted by atomic mass is 32.2. The summed E-state index contributed by atoms with van der Waals surface area (Å²) in [5, 5.41) is 7.92. The molecule has 0 aliphatic carbocycles. The van der Waals surface area contributed by atoms with E-state index in [9.17, 15) is 4.79 Å². The number of nitrogens with two attached hydrogens (primary N) is 1. The van der Waals surface area contributed by atoms with Crippen molar-refractivity contribution < 1.29 is 4.79 Å². The standard InChI is InChI=1S/C9H7N2OS/c10-6-5-7-1-3-8(4-2-7)13-9(11)12/h1-5H,(H2,11,12). The largest absolute Gasteiger partial charge is 0.360 e. The van der Waals surface area contributed by atoms with Gasteiger partial charge in [-0.1, -0.05) is 12.1 Å². The van der Waals surface area contributed by atoms with Gasteiger partial charge >= 0.3 is 0 Å². The van der Waals surface area contributed by atoms with Gasteiger partial charge in [-0.25, -0.2) is 0 Å². The van der Waals surface area contributed by atoms with Gasteiger partial charge in [-0.3, -0.25) is 4.79 Å². The molecule has 0 aliphatic heterocycles. The van der Waals surface area contributed by atoms with Gasteiger partial charge < -0.3 is 5.73 Å². The summed E-state index contributed by atoms with van der Waals surface area (Å²) >= 11 is 0.967. The first-order valence-electron chi connectivity index (χ1n) is 3.52. The summed E-state index contributed by atoms with van der Waals surface area (Å²) < 4.78 is 0. The van der Waals surface area contributed by atoms with Crippen LogP contribution in [0.3, 0.4) is 0 Å². The van der Waals surface area contributed by atoms with Crippen LogP contribution in [0.1, 0.15) is 5.56 Å². The van der Waals surface area contributed by atoms with E-state index in [2.05, 4.69) is 0 Å². The van der Waals surface area contributed by atoms with Crippen molar-refractivity contribution in [3.05, 3.63) is 36.2 Å². The lowest BCUT2D eigenvalue weighted by molar-refractivity contribution is 0.267. The fourth-order valence-corrected chi connectivity index (χ4v) is 1.33. The second-order valence-electron chi connectivity index (χ2n) is 2.26. The molecule has 0 unspecified atom stereocenters. The van der Waals surface area contributed by atoms with Gasteiger partial charge in [0.05, 0.1) is 12.5 Å². The Morgan fingerprint density at radius 1 is 1.46 bits per heavy atom. The van der Waals surface area contributed by atoms with E-state index in [-0.39, 0.29) is 0 Å². The van der Waals surface area contributed by atoms with Gasteiger partial charge in [-0.05, 0) is 29.5 Å². The number of carbonyl (C=O) groups is 1. The molecule has 2 N–H and O–H groups in total. The van der Waals surface area contributed by atoms with E-state index in [1.807, 2.05) is 6.07 Å². The molecule has 0 fully saturated rings. The van der Waals surface area contributed by atoms with E-state index >= 15 is 0 Å². The lowest BCUT2D eigenvalue weighted by Gasteiger charge is -1.97. The highest BCUT2D eigenvalue weighted by molar-refractivity contribution is 8.13. The van der Waals surface area contributed by atoms with E-state index in [0.29, 0.717) is 0 Å². The van der Waals surface area contributed by atoms with Crippen molar-refractivity contribution in [2.24, 2.45) is 5.73 Å². The third kappa shape index (κ3) is 3.18. The van der Waals surface area contributed by atoms with Crippen LogP contribution in [0.2, 0.25) is 0 Å². The normalized spacial score (nSPS) is 9.15. The number of benzene rings is 1. The average Bonchev–Trinajstić information content (AvgIpc) is 2.08. The summed E-state index contributed by atoms with van der Waals surface area (Å²) in [7, 11) is 0. The van der Waals surface area contributed by atoms with Crippen molar-refractivity contribution >= 4 is 17.0 Å². The van der Waals surface area contributed by atoms with Crippen LogP contribution in [0.5, 0.6) is 0 Å². The highest BCUT2D eigenvalue weighted by Crippen LogP contribution is 2.18. The van der Waals surface area contributed by atoms with Gasteiger partial charge in [-0.15, -0.1) is 0 Å². The van der Waals surface area contributed by atoms with E-state index in [0.717, 1.165) is 22.2 Å². The summed E-state index contributed by atoms with van der Waals surface area (Å²) in [6.45, 7) is 0. The lowest BCUT2D eigenvalue weighted by Crippen LogP contribution is -2.01. The molecular weight excluding hydrogens is 184 g/mol. The zero-order valence-electron chi connectivity index (χ0n) is 6.73. The van der Waals surface area contributed by atoms with Gasteiger partial charge in [0, 0.05) is 4.90 Å². The Bertz CT molecular complexity index is 340. The molecule has 4 heteroatoms. The molecule has 0 aromatic heterocycles. The molecule has 1 aromatic carbocycles. The number of hydrogen-bond donors (Lipinski definition) is 1. The Balaban J connectivity index is 2.70. The Kier molecular flexibility index (Phi) is 3.35. The molecule has 0 saturated heterocycles. The molecule has 0 aliphatic rings. The molecule has 3 nitrogen and oxygen atoms in total. The lowest BCUT2D eigenvalue weighted by atomic mass is 10.2. The molecule has 0 saturated carbocycles. The molecule has 0 heterocycles. The number of hydrogen-bond acceptors (Lipinski definition) is 3. The molecule has 0 spiro atoms. The van der Waals surface area contributed by atoms with Gasteiger partial charge in [0.25, 0.3) is 5.24 Å². The molecule has 65 valence electrons. The Labute approximate surface area is 80.5 Å². The minimum Gasteiger partial charge on any atom is -0.360 e. The van der Waals surface area contributed by atoms with Crippen molar-refractivity contribution in [3.63, 3.8) is 0 Å². The van der Waals surface area contributed by atoms with Crippen LogP contribution in [0, 0.1) is 17.8 Å². The summed E-state index contributed by atoms with van der Waals surface area (Å²) in [5.41, 5.74) is 5.80. The van der Waals surface area contributed by atoms with E-state index in [4.69, 9.17) is 11.0 Å². The Morgan fingerprint density at radius 2 is 2.08 bits per heavy atom. The number of primary amides is 1. The van der Waals surface area contributed by atoms with Crippen LogP contribution in [-0.2, 0) is 0 Å². The first-order valence-corrected chi connectivity index (χ1v) is 4.34. The summed E-state index contributed by atoms with van der Waals surface area (Å²) in [6, 6.07) is 8.93. The topological polar surface area (TPSA) is 66.9 Å². The van der Waals surface area contributed by atoms with Crippen LogP contribution in [0.4, 0.5) is 4.79 Å². The minimum atomic E-state index is -0.433. The molecule has 1 rings (SSSR count). The van der Waals surface area contributed by atoms with Gasteiger partial charge in [-0.2, -0.15) is 5.26 Å². The fraction of sp³-hybridized carbons (Fsp3) is 0. The van der Waals surface area contributed by atoms with Crippen molar-refractivity contribution in [3.8, 4) is 6.07 Å². The maximum Gasteiger partial charge on any atom is 0.281 e. The SMILES string of the molecule is N#C[CH]c1ccc(SC(N)=O)cc1. The average molecular weight is 191 g/mol. The predicted octanol–water partition coefficient (Wildman–Crippen LogP) is 1.93. The third-order valence-corrected chi connectivity index (χ3v) is 2.04. The molecule has 0 atom stereocenters. The van der Waals surface area contributed by atoms with Crippen molar-refractivity contribution in [1.82, 2.24) is 0 Å². The number of rotatable bonds is 2. The number of nitriles is 1. The van der Waals surface area contributed by atoms with Gasteiger partial charge in [0.15, 0.2) is 0 Å². The molecule has 1 aromatic rings. The second-order valence-corrected chi connectivity index (χ2v) is 3.34. The van der Waals surface area contributed by atoms with E-state index in [1.54, 1.807) is 24.3 Å². The summed E-state index contributed by atoms with van der Waals surface area (Å²) in [4.78, 5) is 11.3. The summed E-state index contributed by atoms with van der Waals surface area (Å²) in [6.07, 6.45) is 1.43. The number of carbonyl (C=O) groups excluding carboxylic acids is 1. The molecule has 0 bridgehead atoms. The van der Waals surface area contributed by atoms with E-state index in [1.165, 1.54) is 6.42 Å². The minimum absolute atomic E-state index is 0.433. The number of amides is 1. The van der Waals surface area contributed by atoms with Crippen molar-refractivity contribution in [2.45, 2.75) is 4.90 Å². The Morgan fingerprint density at radius 3 is 2.54 bits per heavy atom. The van der Waals surface area contributed by atoms with Crippen LogP contribution in [0.15, 0.2) is 29.2 Å². The van der Waals surface area contributed by atoms with Crippen LogP contribution in [0.25, 0.3) is 0 Å². The highest BCUT2D eigenvalue weighted by Gasteiger charge is 1.98. The van der Waals surface area contributed by atoms with Crippen LogP contribution < -0.4 is 5.73 Å². The molecular formula is C9H7N2OS.